The monoisotopic (exact) mass is 325 g/mol. The van der Waals surface area contributed by atoms with Crippen LogP contribution in [0.25, 0.3) is 0 Å². The molecule has 6 nitrogen and oxygen atoms in total. The van der Waals surface area contributed by atoms with E-state index in [0.29, 0.717) is 19.4 Å². The van der Waals surface area contributed by atoms with Crippen molar-refractivity contribution in [3.05, 3.63) is 0 Å². The SMILES string of the molecule is CCOC(C)OC(=O)C1CCCCC1N1C(=O)C(C)C(C)C1=O. The van der Waals surface area contributed by atoms with Crippen molar-refractivity contribution in [2.75, 3.05) is 6.61 Å². The van der Waals surface area contributed by atoms with Crippen molar-refractivity contribution in [2.24, 2.45) is 17.8 Å². The van der Waals surface area contributed by atoms with Crippen LogP contribution in [-0.2, 0) is 23.9 Å². The summed E-state index contributed by atoms with van der Waals surface area (Å²) in [5.74, 6) is -1.78. The predicted octanol–water partition coefficient (Wildman–Crippen LogP) is 2.11. The molecule has 1 saturated heterocycles. The Morgan fingerprint density at radius 2 is 1.74 bits per heavy atom. The van der Waals surface area contributed by atoms with E-state index in [4.69, 9.17) is 9.47 Å². The lowest BCUT2D eigenvalue weighted by Gasteiger charge is -2.36. The molecule has 5 unspecified atom stereocenters. The molecular formula is C17H27NO5. The predicted molar refractivity (Wildman–Crippen MR) is 83.1 cm³/mol. The van der Waals surface area contributed by atoms with Gasteiger partial charge in [0.15, 0.2) is 6.29 Å². The second-order valence-corrected chi connectivity index (χ2v) is 6.54. The summed E-state index contributed by atoms with van der Waals surface area (Å²) < 4.78 is 10.6. The van der Waals surface area contributed by atoms with Gasteiger partial charge in [-0.25, -0.2) is 0 Å². The molecule has 2 fully saturated rings. The Bertz CT molecular complexity index is 458. The first-order chi connectivity index (χ1) is 10.9. The molecule has 23 heavy (non-hydrogen) atoms. The maximum Gasteiger partial charge on any atom is 0.313 e. The molecule has 1 heterocycles. The highest BCUT2D eigenvalue weighted by Gasteiger charge is 2.49. The summed E-state index contributed by atoms with van der Waals surface area (Å²) >= 11 is 0. The maximum atomic E-state index is 12.5. The van der Waals surface area contributed by atoms with Gasteiger partial charge in [-0.1, -0.05) is 26.7 Å². The Labute approximate surface area is 137 Å². The molecule has 1 aliphatic carbocycles. The van der Waals surface area contributed by atoms with E-state index in [1.807, 2.05) is 6.92 Å². The summed E-state index contributed by atoms with van der Waals surface area (Å²) in [4.78, 5) is 38.7. The van der Waals surface area contributed by atoms with Gasteiger partial charge in [-0.15, -0.1) is 0 Å². The van der Waals surface area contributed by atoms with Gasteiger partial charge in [0.1, 0.15) is 0 Å². The first kappa shape index (κ1) is 17.9. The standard InChI is InChI=1S/C17H27NO5/c1-5-22-12(4)23-17(21)13-8-6-7-9-14(13)18-15(19)10(2)11(3)16(18)20/h10-14H,5-9H2,1-4H3. The van der Waals surface area contributed by atoms with Crippen LogP contribution < -0.4 is 0 Å². The number of esters is 1. The molecule has 2 aliphatic rings. The van der Waals surface area contributed by atoms with Crippen LogP contribution in [0.15, 0.2) is 0 Å². The molecule has 2 rings (SSSR count). The van der Waals surface area contributed by atoms with E-state index in [2.05, 4.69) is 0 Å². The summed E-state index contributed by atoms with van der Waals surface area (Å²) in [5.41, 5.74) is 0. The topological polar surface area (TPSA) is 72.9 Å². The molecule has 6 heteroatoms. The molecule has 130 valence electrons. The van der Waals surface area contributed by atoms with Crippen LogP contribution in [0, 0.1) is 17.8 Å². The number of imide groups is 1. The Morgan fingerprint density at radius 3 is 2.30 bits per heavy atom. The molecule has 0 bridgehead atoms. The molecular weight excluding hydrogens is 298 g/mol. The van der Waals surface area contributed by atoms with Gasteiger partial charge in [-0.2, -0.15) is 0 Å². The van der Waals surface area contributed by atoms with Crippen molar-refractivity contribution in [1.29, 1.82) is 0 Å². The van der Waals surface area contributed by atoms with Crippen LogP contribution in [0.1, 0.15) is 53.4 Å². The van der Waals surface area contributed by atoms with Crippen molar-refractivity contribution in [2.45, 2.75) is 65.7 Å². The maximum absolute atomic E-state index is 12.5. The van der Waals surface area contributed by atoms with Gasteiger partial charge in [0.05, 0.1) is 12.0 Å². The molecule has 0 aromatic carbocycles. The second-order valence-electron chi connectivity index (χ2n) is 6.54. The van der Waals surface area contributed by atoms with Crippen molar-refractivity contribution >= 4 is 17.8 Å². The zero-order chi connectivity index (χ0) is 17.1. The fourth-order valence-corrected chi connectivity index (χ4v) is 3.52. The Kier molecular flexibility index (Phi) is 5.79. The van der Waals surface area contributed by atoms with Crippen LogP contribution in [-0.4, -0.2) is 41.6 Å². The van der Waals surface area contributed by atoms with Crippen molar-refractivity contribution < 1.29 is 23.9 Å². The highest BCUT2D eigenvalue weighted by atomic mass is 16.7. The van der Waals surface area contributed by atoms with Gasteiger partial charge in [-0.05, 0) is 26.7 Å². The highest BCUT2D eigenvalue weighted by molar-refractivity contribution is 6.05. The summed E-state index contributed by atoms with van der Waals surface area (Å²) in [7, 11) is 0. The number of carbonyl (C=O) groups excluding carboxylic acids is 3. The van der Waals surface area contributed by atoms with Gasteiger partial charge in [0.2, 0.25) is 11.8 Å². The lowest BCUT2D eigenvalue weighted by Crippen LogP contribution is -2.49. The lowest BCUT2D eigenvalue weighted by atomic mass is 9.83. The van der Waals surface area contributed by atoms with E-state index in [1.165, 1.54) is 4.90 Å². The minimum Gasteiger partial charge on any atom is -0.436 e. The van der Waals surface area contributed by atoms with E-state index in [-0.39, 0.29) is 35.7 Å². The van der Waals surface area contributed by atoms with Gasteiger partial charge >= 0.3 is 5.97 Å². The number of hydrogen-bond acceptors (Lipinski definition) is 5. The smallest absolute Gasteiger partial charge is 0.313 e. The van der Waals surface area contributed by atoms with Crippen molar-refractivity contribution in [3.63, 3.8) is 0 Å². The molecule has 2 amide bonds. The summed E-state index contributed by atoms with van der Waals surface area (Å²) in [5, 5.41) is 0. The first-order valence-electron chi connectivity index (χ1n) is 8.57. The van der Waals surface area contributed by atoms with Crippen LogP contribution in [0.2, 0.25) is 0 Å². The number of amides is 2. The first-order valence-corrected chi connectivity index (χ1v) is 8.57. The van der Waals surface area contributed by atoms with Crippen LogP contribution >= 0.6 is 0 Å². The molecule has 0 radical (unpaired) electrons. The van der Waals surface area contributed by atoms with E-state index in [9.17, 15) is 14.4 Å². The number of likely N-dealkylation sites (tertiary alicyclic amines) is 1. The molecule has 0 spiro atoms. The zero-order valence-electron chi connectivity index (χ0n) is 14.4. The summed E-state index contributed by atoms with van der Waals surface area (Å²) in [6.07, 6.45) is 2.51. The largest absolute Gasteiger partial charge is 0.436 e. The van der Waals surface area contributed by atoms with Gasteiger partial charge < -0.3 is 9.47 Å². The minimum atomic E-state index is -0.613. The number of hydrogen-bond donors (Lipinski definition) is 0. The molecule has 1 aliphatic heterocycles. The van der Waals surface area contributed by atoms with E-state index in [0.717, 1.165) is 12.8 Å². The number of nitrogens with zero attached hydrogens (tertiary/aromatic N) is 1. The normalized spacial score (nSPS) is 33.0. The third-order valence-corrected chi connectivity index (χ3v) is 5.05. The Morgan fingerprint density at radius 1 is 1.17 bits per heavy atom. The van der Waals surface area contributed by atoms with E-state index in [1.54, 1.807) is 20.8 Å². The third-order valence-electron chi connectivity index (χ3n) is 5.05. The van der Waals surface area contributed by atoms with E-state index >= 15 is 0 Å². The third kappa shape index (κ3) is 3.57. The van der Waals surface area contributed by atoms with Crippen molar-refractivity contribution in [3.8, 4) is 0 Å². The molecule has 0 aromatic heterocycles. The molecule has 1 saturated carbocycles. The summed E-state index contributed by atoms with van der Waals surface area (Å²) in [6.45, 7) is 7.52. The summed E-state index contributed by atoms with van der Waals surface area (Å²) in [6, 6.07) is -0.377. The fraction of sp³-hybridized carbons (Fsp3) is 0.824. The Balaban J connectivity index is 2.14. The molecule has 0 N–H and O–H groups in total. The van der Waals surface area contributed by atoms with Gasteiger partial charge in [0, 0.05) is 18.4 Å². The quantitative estimate of drug-likeness (QED) is 0.440. The fourth-order valence-electron chi connectivity index (χ4n) is 3.52. The van der Waals surface area contributed by atoms with Crippen LogP contribution in [0.3, 0.4) is 0 Å². The minimum absolute atomic E-state index is 0.162. The molecule has 5 atom stereocenters. The van der Waals surface area contributed by atoms with Crippen molar-refractivity contribution in [1.82, 2.24) is 4.90 Å². The number of carbonyl (C=O) groups is 3. The van der Waals surface area contributed by atoms with Crippen LogP contribution in [0.5, 0.6) is 0 Å². The Hall–Kier alpha value is -1.43. The zero-order valence-corrected chi connectivity index (χ0v) is 14.4. The van der Waals surface area contributed by atoms with E-state index < -0.39 is 12.2 Å². The average Bonchev–Trinajstić information content (AvgIpc) is 2.71. The lowest BCUT2D eigenvalue weighted by molar-refractivity contribution is -0.182. The number of ether oxygens (including phenoxy) is 2. The second kappa shape index (κ2) is 7.43. The average molecular weight is 325 g/mol. The molecule has 0 aromatic rings. The van der Waals surface area contributed by atoms with Crippen LogP contribution in [0.4, 0.5) is 0 Å². The van der Waals surface area contributed by atoms with Gasteiger partial charge in [0.25, 0.3) is 0 Å². The van der Waals surface area contributed by atoms with Gasteiger partial charge in [-0.3, -0.25) is 19.3 Å². The number of rotatable bonds is 5. The highest BCUT2D eigenvalue weighted by Crippen LogP contribution is 2.36.